The van der Waals surface area contributed by atoms with Gasteiger partial charge in [0.25, 0.3) is 0 Å². The molecule has 2 aromatic carbocycles. The second-order valence-corrected chi connectivity index (χ2v) is 7.66. The number of amides is 1. The predicted molar refractivity (Wildman–Crippen MR) is 93.7 cm³/mol. The van der Waals surface area contributed by atoms with Crippen molar-refractivity contribution in [2.24, 2.45) is 0 Å². The van der Waals surface area contributed by atoms with Gasteiger partial charge in [-0.1, -0.05) is 29.8 Å². The summed E-state index contributed by atoms with van der Waals surface area (Å²) in [6, 6.07) is 10.0. The van der Waals surface area contributed by atoms with E-state index in [0.717, 1.165) is 18.4 Å². The molecule has 1 N–H and O–H groups in total. The van der Waals surface area contributed by atoms with Gasteiger partial charge in [-0.05, 0) is 30.3 Å². The van der Waals surface area contributed by atoms with Crippen molar-refractivity contribution in [3.8, 4) is 0 Å². The number of carbonyl (C=O) groups excluding carboxylic acids is 1. The lowest BCUT2D eigenvalue weighted by molar-refractivity contribution is -0.137. The van der Waals surface area contributed by atoms with Crippen molar-refractivity contribution >= 4 is 38.9 Å². The van der Waals surface area contributed by atoms with Crippen molar-refractivity contribution in [1.82, 2.24) is 0 Å². The number of hydrogen-bond donors (Lipinski definition) is 1. The van der Waals surface area contributed by atoms with E-state index in [1.165, 1.54) is 18.2 Å². The molecule has 0 bridgehead atoms. The topological polar surface area (TPSA) is 66.5 Å². The Labute approximate surface area is 153 Å². The quantitative estimate of drug-likeness (QED) is 0.822. The van der Waals surface area contributed by atoms with Crippen molar-refractivity contribution < 1.29 is 26.4 Å². The van der Waals surface area contributed by atoms with Crippen molar-refractivity contribution in [1.29, 1.82) is 0 Å². The van der Waals surface area contributed by atoms with E-state index in [1.807, 2.05) is 0 Å². The smallest absolute Gasteiger partial charge is 0.323 e. The van der Waals surface area contributed by atoms with Crippen LogP contribution >= 0.6 is 11.6 Å². The lowest BCUT2D eigenvalue weighted by Crippen LogP contribution is -2.37. The minimum absolute atomic E-state index is 0.242. The number of nitrogens with one attached hydrogen (secondary N) is 1. The molecule has 0 radical (unpaired) electrons. The van der Waals surface area contributed by atoms with Gasteiger partial charge in [-0.2, -0.15) is 13.2 Å². The normalized spacial score (nSPS) is 11.9. The van der Waals surface area contributed by atoms with Gasteiger partial charge in [0, 0.05) is 0 Å². The molecule has 0 spiro atoms. The van der Waals surface area contributed by atoms with Gasteiger partial charge in [0.2, 0.25) is 15.9 Å². The summed E-state index contributed by atoms with van der Waals surface area (Å²) in [7, 11) is -4.01. The predicted octanol–water partition coefficient (Wildman–Crippen LogP) is 3.76. The molecule has 0 aliphatic carbocycles. The molecule has 0 saturated carbocycles. The van der Waals surface area contributed by atoms with Crippen LogP contribution in [0.3, 0.4) is 0 Å². The molecular formula is C16H14ClF3N2O3S. The van der Waals surface area contributed by atoms with Crippen molar-refractivity contribution in [2.45, 2.75) is 6.18 Å². The summed E-state index contributed by atoms with van der Waals surface area (Å²) in [6.45, 7) is -0.703. The van der Waals surface area contributed by atoms with Crippen molar-refractivity contribution in [3.63, 3.8) is 0 Å². The second kappa shape index (κ2) is 7.55. The van der Waals surface area contributed by atoms with Gasteiger partial charge in [-0.3, -0.25) is 9.10 Å². The van der Waals surface area contributed by atoms with E-state index < -0.39 is 34.2 Å². The number of para-hydroxylation sites is 1. The van der Waals surface area contributed by atoms with Crippen LogP contribution in [-0.4, -0.2) is 27.1 Å². The summed E-state index contributed by atoms with van der Waals surface area (Å²) in [5.41, 5.74) is -1.02. The maximum Gasteiger partial charge on any atom is 0.416 e. The molecule has 26 heavy (non-hydrogen) atoms. The van der Waals surface area contributed by atoms with E-state index in [0.29, 0.717) is 10.4 Å². The Morgan fingerprint density at radius 3 is 2.38 bits per heavy atom. The number of halogens is 4. The molecule has 0 saturated heterocycles. The Balaban J connectivity index is 2.29. The summed E-state index contributed by atoms with van der Waals surface area (Å²) in [5, 5.41) is 2.67. The van der Waals surface area contributed by atoms with Crippen molar-refractivity contribution in [3.05, 3.63) is 59.1 Å². The summed E-state index contributed by atoms with van der Waals surface area (Å²) in [5.74, 6) is -0.749. The fourth-order valence-corrected chi connectivity index (χ4v) is 3.15. The number of alkyl halides is 3. The molecule has 10 heteroatoms. The Morgan fingerprint density at radius 2 is 1.81 bits per heavy atom. The number of hydrogen-bond acceptors (Lipinski definition) is 3. The highest BCUT2D eigenvalue weighted by Crippen LogP contribution is 2.32. The van der Waals surface area contributed by atoms with Gasteiger partial charge >= 0.3 is 6.18 Å². The van der Waals surface area contributed by atoms with Crippen LogP contribution in [-0.2, 0) is 21.0 Å². The first-order valence-electron chi connectivity index (χ1n) is 7.18. The van der Waals surface area contributed by atoms with E-state index in [1.54, 1.807) is 12.1 Å². The van der Waals surface area contributed by atoms with Crippen LogP contribution in [0.5, 0.6) is 0 Å². The number of benzene rings is 2. The van der Waals surface area contributed by atoms with Gasteiger partial charge in [0.15, 0.2) is 0 Å². The third-order valence-electron chi connectivity index (χ3n) is 3.30. The standard InChI is InChI=1S/C16H14ClF3N2O3S/c1-26(24,25)22(12-6-4-5-11(9-12)16(18,19)20)10-15(23)21-14-8-3-2-7-13(14)17/h2-9H,10H2,1H3,(H,21,23). The van der Waals surface area contributed by atoms with Crippen LogP contribution < -0.4 is 9.62 Å². The highest BCUT2D eigenvalue weighted by Gasteiger charge is 2.32. The fraction of sp³-hybridized carbons (Fsp3) is 0.188. The van der Waals surface area contributed by atoms with Gasteiger partial charge in [-0.15, -0.1) is 0 Å². The zero-order valence-electron chi connectivity index (χ0n) is 13.4. The Bertz CT molecular complexity index is 917. The van der Waals surface area contributed by atoms with Crippen LogP contribution in [0, 0.1) is 0 Å². The minimum atomic E-state index is -4.64. The molecule has 1 amide bonds. The summed E-state index contributed by atoms with van der Waals surface area (Å²) in [6.07, 6.45) is -3.84. The van der Waals surface area contributed by atoms with Crippen LogP contribution in [0.2, 0.25) is 5.02 Å². The molecule has 0 fully saturated rings. The largest absolute Gasteiger partial charge is 0.416 e. The van der Waals surface area contributed by atoms with Crippen LogP contribution in [0.4, 0.5) is 24.5 Å². The molecule has 140 valence electrons. The molecule has 0 aliphatic rings. The first-order valence-corrected chi connectivity index (χ1v) is 9.40. The van der Waals surface area contributed by atoms with Crippen LogP contribution in [0.15, 0.2) is 48.5 Å². The number of nitrogens with zero attached hydrogens (tertiary/aromatic N) is 1. The number of rotatable bonds is 5. The first-order chi connectivity index (χ1) is 12.0. The van der Waals surface area contributed by atoms with E-state index in [4.69, 9.17) is 11.6 Å². The molecular weight excluding hydrogens is 393 g/mol. The lowest BCUT2D eigenvalue weighted by Gasteiger charge is -2.23. The van der Waals surface area contributed by atoms with Gasteiger partial charge in [-0.25, -0.2) is 8.42 Å². The molecule has 5 nitrogen and oxygen atoms in total. The van der Waals surface area contributed by atoms with Gasteiger partial charge < -0.3 is 5.32 Å². The maximum absolute atomic E-state index is 12.9. The maximum atomic E-state index is 12.9. The highest BCUT2D eigenvalue weighted by atomic mass is 35.5. The average Bonchev–Trinajstić information content (AvgIpc) is 2.53. The van der Waals surface area contributed by atoms with E-state index >= 15 is 0 Å². The number of sulfonamides is 1. The number of carbonyl (C=O) groups is 1. The number of anilines is 2. The third kappa shape index (κ3) is 5.12. The third-order valence-corrected chi connectivity index (χ3v) is 4.77. The Morgan fingerprint density at radius 1 is 1.15 bits per heavy atom. The molecule has 0 aliphatic heterocycles. The fourth-order valence-electron chi connectivity index (χ4n) is 2.12. The summed E-state index contributed by atoms with van der Waals surface area (Å²) in [4.78, 5) is 12.2. The zero-order chi connectivity index (χ0) is 19.5. The van der Waals surface area contributed by atoms with Crippen LogP contribution in [0.1, 0.15) is 5.56 Å². The zero-order valence-corrected chi connectivity index (χ0v) is 15.0. The molecule has 0 aromatic heterocycles. The summed E-state index contributed by atoms with van der Waals surface area (Å²) < 4.78 is 63.1. The molecule has 0 atom stereocenters. The molecule has 2 rings (SSSR count). The Hall–Kier alpha value is -2.26. The molecule has 0 unspecified atom stereocenters. The summed E-state index contributed by atoms with van der Waals surface area (Å²) >= 11 is 5.91. The highest BCUT2D eigenvalue weighted by molar-refractivity contribution is 7.92. The molecule has 2 aromatic rings. The minimum Gasteiger partial charge on any atom is -0.323 e. The van der Waals surface area contributed by atoms with Gasteiger partial charge in [0.1, 0.15) is 6.54 Å². The van der Waals surface area contributed by atoms with E-state index in [2.05, 4.69) is 5.32 Å². The van der Waals surface area contributed by atoms with Crippen LogP contribution in [0.25, 0.3) is 0 Å². The van der Waals surface area contributed by atoms with E-state index in [9.17, 15) is 26.4 Å². The second-order valence-electron chi connectivity index (χ2n) is 5.35. The Kier molecular flexibility index (Phi) is 5.82. The monoisotopic (exact) mass is 406 g/mol. The lowest BCUT2D eigenvalue weighted by atomic mass is 10.2. The van der Waals surface area contributed by atoms with Gasteiger partial charge in [0.05, 0.1) is 28.2 Å². The first kappa shape index (κ1) is 20.1. The average molecular weight is 407 g/mol. The molecule has 0 heterocycles. The van der Waals surface area contributed by atoms with Crippen molar-refractivity contribution in [2.75, 3.05) is 22.4 Å². The SMILES string of the molecule is CS(=O)(=O)N(CC(=O)Nc1ccccc1Cl)c1cccc(C(F)(F)F)c1. The van der Waals surface area contributed by atoms with E-state index in [-0.39, 0.29) is 16.4 Å².